The molecule has 1 aromatic carbocycles. The van der Waals surface area contributed by atoms with E-state index in [1.807, 2.05) is 0 Å². The summed E-state index contributed by atoms with van der Waals surface area (Å²) in [4.78, 5) is 0. The van der Waals surface area contributed by atoms with Crippen molar-refractivity contribution in [3.63, 3.8) is 0 Å². The molecule has 0 fully saturated rings. The van der Waals surface area contributed by atoms with Crippen LogP contribution in [0.3, 0.4) is 0 Å². The first-order chi connectivity index (χ1) is 7.22. The molecule has 16 heavy (non-hydrogen) atoms. The highest BCUT2D eigenvalue weighted by atomic mass is 19.4. The largest absolute Gasteiger partial charge is 0.390 e. The highest BCUT2D eigenvalue weighted by Gasteiger charge is 2.32. The Balaban J connectivity index is 3.01. The molecule has 0 aromatic heterocycles. The second kappa shape index (κ2) is 4.32. The van der Waals surface area contributed by atoms with Crippen molar-refractivity contribution in [1.29, 1.82) is 0 Å². The molecule has 1 nitrogen and oxygen atoms in total. The number of halogens is 6. The average Bonchev–Trinajstić information content (AvgIpc) is 2.11. The van der Waals surface area contributed by atoms with E-state index in [-0.39, 0.29) is 0 Å². The topological polar surface area (TPSA) is 26.0 Å². The summed E-state index contributed by atoms with van der Waals surface area (Å²) in [5.74, 6) is -4.98. The van der Waals surface area contributed by atoms with Gasteiger partial charge in [0, 0.05) is 11.6 Å². The molecule has 7 heteroatoms. The van der Waals surface area contributed by atoms with Crippen molar-refractivity contribution < 1.29 is 26.3 Å². The summed E-state index contributed by atoms with van der Waals surface area (Å²) in [6.45, 7) is 0. The molecule has 0 amide bonds. The molecule has 0 spiro atoms. The molecule has 0 saturated carbocycles. The summed E-state index contributed by atoms with van der Waals surface area (Å²) in [7, 11) is 0. The van der Waals surface area contributed by atoms with Crippen LogP contribution < -0.4 is 5.73 Å². The third-order valence-electron chi connectivity index (χ3n) is 1.92. The van der Waals surface area contributed by atoms with Gasteiger partial charge >= 0.3 is 6.18 Å². The van der Waals surface area contributed by atoms with Gasteiger partial charge in [0.2, 0.25) is 0 Å². The van der Waals surface area contributed by atoms with Gasteiger partial charge in [0.1, 0.15) is 0 Å². The highest BCUT2D eigenvalue weighted by Crippen LogP contribution is 2.30. The third-order valence-corrected chi connectivity index (χ3v) is 1.92. The fourth-order valence-electron chi connectivity index (χ4n) is 1.19. The third kappa shape index (κ3) is 2.88. The number of hydrogen-bond acceptors (Lipinski definition) is 1. The van der Waals surface area contributed by atoms with Gasteiger partial charge in [-0.05, 0) is 6.07 Å². The second-order valence-electron chi connectivity index (χ2n) is 3.19. The molecule has 0 heterocycles. The first-order valence-electron chi connectivity index (χ1n) is 4.18. The van der Waals surface area contributed by atoms with Crippen molar-refractivity contribution in [3.05, 3.63) is 35.1 Å². The van der Waals surface area contributed by atoms with E-state index in [0.29, 0.717) is 12.1 Å². The van der Waals surface area contributed by atoms with Crippen molar-refractivity contribution in [3.8, 4) is 0 Å². The molecular weight excluding hydrogens is 236 g/mol. The van der Waals surface area contributed by atoms with Crippen molar-refractivity contribution >= 4 is 0 Å². The van der Waals surface area contributed by atoms with Crippen LogP contribution in [-0.2, 0) is 0 Å². The number of nitrogens with two attached hydrogens (primary N) is 1. The number of benzene rings is 1. The van der Waals surface area contributed by atoms with Gasteiger partial charge in [-0.3, -0.25) is 0 Å². The number of alkyl halides is 3. The quantitative estimate of drug-likeness (QED) is 0.627. The lowest BCUT2D eigenvalue weighted by Gasteiger charge is -2.15. The van der Waals surface area contributed by atoms with Gasteiger partial charge in [-0.25, -0.2) is 13.2 Å². The molecule has 1 unspecified atom stereocenters. The molecule has 90 valence electrons. The van der Waals surface area contributed by atoms with Crippen LogP contribution in [0.4, 0.5) is 26.3 Å². The van der Waals surface area contributed by atoms with Gasteiger partial charge in [-0.2, -0.15) is 13.2 Å². The molecule has 0 aliphatic heterocycles. The van der Waals surface area contributed by atoms with E-state index in [4.69, 9.17) is 5.73 Å². The predicted molar refractivity (Wildman–Crippen MR) is 43.9 cm³/mol. The molecule has 0 bridgehead atoms. The Morgan fingerprint density at radius 2 is 1.62 bits per heavy atom. The van der Waals surface area contributed by atoms with Gasteiger partial charge < -0.3 is 5.73 Å². The fourth-order valence-corrected chi connectivity index (χ4v) is 1.19. The van der Waals surface area contributed by atoms with Gasteiger partial charge in [0.25, 0.3) is 0 Å². The molecule has 1 rings (SSSR count). The van der Waals surface area contributed by atoms with E-state index in [0.717, 1.165) is 0 Å². The van der Waals surface area contributed by atoms with Crippen LogP contribution in [-0.4, -0.2) is 6.18 Å². The summed E-state index contributed by atoms with van der Waals surface area (Å²) in [6, 6.07) is -0.524. The maximum Gasteiger partial charge on any atom is 0.390 e. The van der Waals surface area contributed by atoms with Gasteiger partial charge in [-0.1, -0.05) is 6.07 Å². The minimum absolute atomic E-state index is 0.532. The van der Waals surface area contributed by atoms with Crippen LogP contribution in [0.5, 0.6) is 0 Å². The molecule has 1 atom stereocenters. The minimum Gasteiger partial charge on any atom is -0.324 e. The molecule has 1 aromatic rings. The summed E-state index contributed by atoms with van der Waals surface area (Å²) < 4.78 is 74.0. The maximum absolute atomic E-state index is 13.0. The Morgan fingerprint density at radius 3 is 2.12 bits per heavy atom. The molecule has 0 aliphatic carbocycles. The molecule has 0 saturated heterocycles. The second-order valence-corrected chi connectivity index (χ2v) is 3.19. The average molecular weight is 243 g/mol. The van der Waals surface area contributed by atoms with E-state index in [1.165, 1.54) is 0 Å². The predicted octanol–water partition coefficient (Wildman–Crippen LogP) is 3.06. The standard InChI is InChI=1S/C9H7F6N/c10-5-2-1-4(7(11)8(5)12)6(16)3-9(13,14)15/h1-2,6H,3,16H2. The lowest BCUT2D eigenvalue weighted by atomic mass is 10.0. The Bertz CT molecular complexity index is 386. The maximum atomic E-state index is 13.0. The van der Waals surface area contributed by atoms with E-state index >= 15 is 0 Å². The Morgan fingerprint density at radius 1 is 1.06 bits per heavy atom. The zero-order valence-corrected chi connectivity index (χ0v) is 7.78. The number of hydrogen-bond donors (Lipinski definition) is 1. The van der Waals surface area contributed by atoms with Gasteiger partial charge in [0.15, 0.2) is 17.5 Å². The van der Waals surface area contributed by atoms with Crippen LogP contribution >= 0.6 is 0 Å². The molecule has 2 N–H and O–H groups in total. The van der Waals surface area contributed by atoms with Crippen LogP contribution in [0.25, 0.3) is 0 Å². The van der Waals surface area contributed by atoms with Crippen LogP contribution in [0, 0.1) is 17.5 Å². The monoisotopic (exact) mass is 243 g/mol. The van der Waals surface area contributed by atoms with E-state index in [2.05, 4.69) is 0 Å². The van der Waals surface area contributed by atoms with Crippen molar-refractivity contribution in [2.75, 3.05) is 0 Å². The normalized spacial score (nSPS) is 13.9. The van der Waals surface area contributed by atoms with Crippen LogP contribution in [0.2, 0.25) is 0 Å². The molecular formula is C9H7F6N. The Hall–Kier alpha value is -1.24. The SMILES string of the molecule is NC(CC(F)(F)F)c1ccc(F)c(F)c1F. The van der Waals surface area contributed by atoms with Crippen LogP contribution in [0.1, 0.15) is 18.0 Å². The summed E-state index contributed by atoms with van der Waals surface area (Å²) in [5.41, 5.74) is 4.35. The first-order valence-corrected chi connectivity index (χ1v) is 4.18. The smallest absolute Gasteiger partial charge is 0.324 e. The minimum atomic E-state index is -4.60. The van der Waals surface area contributed by atoms with E-state index in [1.54, 1.807) is 0 Å². The van der Waals surface area contributed by atoms with Crippen molar-refractivity contribution in [2.24, 2.45) is 5.73 Å². The van der Waals surface area contributed by atoms with Crippen molar-refractivity contribution in [2.45, 2.75) is 18.6 Å². The fraction of sp³-hybridized carbons (Fsp3) is 0.333. The first kappa shape index (κ1) is 12.8. The Labute approximate surface area is 86.9 Å². The van der Waals surface area contributed by atoms with Crippen LogP contribution in [0.15, 0.2) is 12.1 Å². The van der Waals surface area contributed by atoms with E-state index < -0.39 is 41.7 Å². The summed E-state index contributed by atoms with van der Waals surface area (Å²) in [6.07, 6.45) is -6.11. The van der Waals surface area contributed by atoms with Crippen molar-refractivity contribution in [1.82, 2.24) is 0 Å². The molecule has 0 aliphatic rings. The summed E-state index contributed by atoms with van der Waals surface area (Å²) in [5, 5.41) is 0. The lowest BCUT2D eigenvalue weighted by molar-refractivity contribution is -0.138. The van der Waals surface area contributed by atoms with Gasteiger partial charge in [0.05, 0.1) is 6.42 Å². The van der Waals surface area contributed by atoms with E-state index in [9.17, 15) is 26.3 Å². The lowest BCUT2D eigenvalue weighted by Crippen LogP contribution is -2.21. The zero-order chi connectivity index (χ0) is 12.5. The highest BCUT2D eigenvalue weighted by molar-refractivity contribution is 5.23. The summed E-state index contributed by atoms with van der Waals surface area (Å²) >= 11 is 0. The number of rotatable bonds is 2. The molecule has 0 radical (unpaired) electrons. The zero-order valence-electron chi connectivity index (χ0n) is 7.78. The van der Waals surface area contributed by atoms with Gasteiger partial charge in [-0.15, -0.1) is 0 Å². The Kier molecular flexibility index (Phi) is 3.47.